The van der Waals surface area contributed by atoms with E-state index >= 15 is 8.78 Å². The molecule has 12 nitrogen and oxygen atoms in total. The van der Waals surface area contributed by atoms with Crippen LogP contribution in [-0.4, -0.2) is 95.3 Å². The van der Waals surface area contributed by atoms with E-state index in [4.69, 9.17) is 9.84 Å². The molecule has 14 heteroatoms. The monoisotopic (exact) mass is 457 g/mol. The highest BCUT2D eigenvalue weighted by Gasteiger charge is 2.64. The van der Waals surface area contributed by atoms with Crippen molar-refractivity contribution in [2.75, 3.05) is 6.61 Å². The van der Waals surface area contributed by atoms with Gasteiger partial charge < -0.3 is 30.5 Å². The number of ether oxygens (including phenoxy) is 1. The number of aliphatic hydroxyl groups excluding tert-OH is 3. The van der Waals surface area contributed by atoms with Crippen LogP contribution >= 0.6 is 0 Å². The number of nitrogens with one attached hydrogen (secondary N) is 1. The molecular weight excluding hydrogens is 436 g/mol. The largest absolute Gasteiger partial charge is 0.477 e. The zero-order valence-electron chi connectivity index (χ0n) is 16.6. The fourth-order valence-electron chi connectivity index (χ4n) is 3.48. The summed E-state index contributed by atoms with van der Waals surface area (Å²) in [7, 11) is 0. The predicted octanol–water partition coefficient (Wildman–Crippen LogP) is -1.41. The number of nitrogens with zero attached hydrogens (tertiary/aromatic N) is 4. The van der Waals surface area contributed by atoms with Crippen LogP contribution in [0.5, 0.6) is 0 Å². The number of carboxylic acids is 1. The normalized spacial score (nSPS) is 29.8. The smallest absolute Gasteiger partial charge is 0.372 e. The number of rotatable bonds is 7. The minimum Gasteiger partial charge on any atom is -0.477 e. The number of alkyl halides is 2. The molecule has 3 heterocycles. The first kappa shape index (κ1) is 23.6. The van der Waals surface area contributed by atoms with Crippen molar-refractivity contribution in [3.63, 3.8) is 0 Å². The number of hydrogen-bond acceptors (Lipinski definition) is 9. The highest BCUT2D eigenvalue weighted by molar-refractivity contribution is 5.77. The number of aliphatic hydroxyl groups is 3. The molecule has 0 spiro atoms. The SMILES string of the molecule is CC(=O)N[C@H]1[C@H]([C@H](O)[C@H](O)CO)OC(F)(C(=O)O)C(F)[C@@H]1n1cc(-c2cccnc2)nn1. The summed E-state index contributed by atoms with van der Waals surface area (Å²) in [6.07, 6.45) is -4.80. The van der Waals surface area contributed by atoms with Crippen LogP contribution in [-0.2, 0) is 14.3 Å². The quantitative estimate of drug-likeness (QED) is 0.331. The topological polar surface area (TPSA) is 180 Å². The Balaban J connectivity index is 2.11. The number of carbonyl (C=O) groups excluding carboxylic acids is 1. The fraction of sp³-hybridized carbons (Fsp3) is 0.500. The van der Waals surface area contributed by atoms with E-state index in [2.05, 4.69) is 20.6 Å². The molecule has 2 unspecified atom stereocenters. The summed E-state index contributed by atoms with van der Waals surface area (Å²) in [5, 5.41) is 48.5. The molecular formula is C18H21F2N5O7. The minimum absolute atomic E-state index is 0.186. The highest BCUT2D eigenvalue weighted by Crippen LogP contribution is 2.41. The second-order valence-electron chi connectivity index (χ2n) is 7.22. The maximum Gasteiger partial charge on any atom is 0.372 e. The lowest BCUT2D eigenvalue weighted by atomic mass is 9.86. The van der Waals surface area contributed by atoms with Gasteiger partial charge in [0.1, 0.15) is 30.0 Å². The van der Waals surface area contributed by atoms with Crippen molar-refractivity contribution in [3.05, 3.63) is 30.7 Å². The number of pyridine rings is 1. The molecule has 0 radical (unpaired) electrons. The van der Waals surface area contributed by atoms with E-state index in [0.29, 0.717) is 5.56 Å². The zero-order valence-corrected chi connectivity index (χ0v) is 16.6. The van der Waals surface area contributed by atoms with Crippen molar-refractivity contribution >= 4 is 11.9 Å². The van der Waals surface area contributed by atoms with Crippen molar-refractivity contribution in [1.82, 2.24) is 25.3 Å². The second kappa shape index (κ2) is 9.20. The van der Waals surface area contributed by atoms with E-state index in [0.717, 1.165) is 11.6 Å². The maximum absolute atomic E-state index is 15.3. The molecule has 0 aromatic carbocycles. The third-order valence-electron chi connectivity index (χ3n) is 5.04. The Morgan fingerprint density at radius 2 is 2.12 bits per heavy atom. The van der Waals surface area contributed by atoms with Gasteiger partial charge in [-0.25, -0.2) is 13.9 Å². The number of hydrogen-bond donors (Lipinski definition) is 5. The van der Waals surface area contributed by atoms with Crippen LogP contribution in [0.15, 0.2) is 30.7 Å². The minimum atomic E-state index is -3.97. The number of amides is 1. The summed E-state index contributed by atoms with van der Waals surface area (Å²) in [4.78, 5) is 27.2. The molecule has 1 aliphatic heterocycles. The van der Waals surface area contributed by atoms with E-state index < -0.39 is 60.9 Å². The van der Waals surface area contributed by atoms with Gasteiger partial charge in [-0.3, -0.25) is 9.78 Å². The highest BCUT2D eigenvalue weighted by atomic mass is 19.2. The summed E-state index contributed by atoms with van der Waals surface area (Å²) in [5.74, 6) is -7.05. The zero-order chi connectivity index (χ0) is 23.6. The third kappa shape index (κ3) is 4.29. The summed E-state index contributed by atoms with van der Waals surface area (Å²) in [6.45, 7) is 0.0471. The van der Waals surface area contributed by atoms with E-state index in [1.165, 1.54) is 18.6 Å². The van der Waals surface area contributed by atoms with Crippen LogP contribution in [0.4, 0.5) is 8.78 Å². The second-order valence-corrected chi connectivity index (χ2v) is 7.22. The average molecular weight is 457 g/mol. The van der Waals surface area contributed by atoms with Crippen LogP contribution in [0.3, 0.4) is 0 Å². The standard InChI is InChI=1S/C18H21F2N5O7/c1-8(27)22-12-13(25-6-10(23-24-25)9-3-2-4-21-5-9)16(19)18(20,17(30)31)32-15(12)14(29)11(28)7-26/h2-6,11-16,26,28-29H,7H2,1H3,(H,22,27)(H,30,31)/t11-,12-,13-,14-,15-,16?,18?/m1/s1. The van der Waals surface area contributed by atoms with Crippen molar-refractivity contribution in [2.45, 2.75) is 49.3 Å². The maximum atomic E-state index is 15.3. The molecule has 32 heavy (non-hydrogen) atoms. The number of halogens is 2. The Bertz CT molecular complexity index is 964. The number of carbonyl (C=O) groups is 2. The van der Waals surface area contributed by atoms with Crippen LogP contribution in [0, 0.1) is 0 Å². The van der Waals surface area contributed by atoms with Crippen LogP contribution in [0.25, 0.3) is 11.3 Å². The first-order chi connectivity index (χ1) is 15.1. The van der Waals surface area contributed by atoms with Gasteiger partial charge in [0, 0.05) is 24.9 Å². The van der Waals surface area contributed by atoms with Crippen molar-refractivity contribution in [3.8, 4) is 11.3 Å². The Morgan fingerprint density at radius 3 is 2.69 bits per heavy atom. The van der Waals surface area contributed by atoms with Gasteiger partial charge in [-0.2, -0.15) is 4.39 Å². The van der Waals surface area contributed by atoms with Gasteiger partial charge in [0.2, 0.25) is 5.91 Å². The molecule has 0 bridgehead atoms. The number of carboxylic acid groups (broad SMARTS) is 1. The lowest BCUT2D eigenvalue weighted by molar-refractivity contribution is -0.283. The van der Waals surface area contributed by atoms with Gasteiger partial charge in [-0.15, -0.1) is 5.10 Å². The van der Waals surface area contributed by atoms with E-state index in [9.17, 15) is 24.9 Å². The van der Waals surface area contributed by atoms with Gasteiger partial charge >= 0.3 is 11.8 Å². The Kier molecular flexibility index (Phi) is 6.78. The molecule has 5 N–H and O–H groups in total. The molecule has 7 atom stereocenters. The summed E-state index contributed by atoms with van der Waals surface area (Å²) >= 11 is 0. The first-order valence-electron chi connectivity index (χ1n) is 9.40. The molecule has 1 fully saturated rings. The lowest BCUT2D eigenvalue weighted by Crippen LogP contribution is -2.69. The molecule has 2 aromatic rings. The summed E-state index contributed by atoms with van der Waals surface area (Å²) in [6, 6.07) is -0.257. The predicted molar refractivity (Wildman–Crippen MR) is 100 cm³/mol. The molecule has 1 aliphatic rings. The molecule has 2 aromatic heterocycles. The van der Waals surface area contributed by atoms with Crippen molar-refractivity contribution in [1.29, 1.82) is 0 Å². The molecule has 174 valence electrons. The van der Waals surface area contributed by atoms with Crippen LogP contribution < -0.4 is 5.32 Å². The number of aromatic nitrogens is 4. The molecule has 3 rings (SSSR count). The van der Waals surface area contributed by atoms with Gasteiger partial charge in [-0.1, -0.05) is 5.21 Å². The fourth-order valence-corrected chi connectivity index (χ4v) is 3.48. The van der Waals surface area contributed by atoms with E-state index in [1.54, 1.807) is 12.1 Å². The number of aliphatic carboxylic acids is 1. The Labute approximate surface area is 179 Å². The molecule has 1 saturated heterocycles. The van der Waals surface area contributed by atoms with Gasteiger partial charge in [0.05, 0.1) is 18.8 Å². The third-order valence-corrected chi connectivity index (χ3v) is 5.04. The summed E-state index contributed by atoms with van der Waals surface area (Å²) in [5.41, 5.74) is 0.653. The molecule has 0 aliphatic carbocycles. The summed E-state index contributed by atoms with van der Waals surface area (Å²) < 4.78 is 36.1. The molecule has 1 amide bonds. The van der Waals surface area contributed by atoms with Crippen LogP contribution in [0.2, 0.25) is 0 Å². The van der Waals surface area contributed by atoms with E-state index in [-0.39, 0.29) is 5.69 Å². The van der Waals surface area contributed by atoms with Crippen molar-refractivity contribution in [2.24, 2.45) is 0 Å². The Hall–Kier alpha value is -3.07. The molecule has 0 saturated carbocycles. The Morgan fingerprint density at radius 1 is 1.41 bits per heavy atom. The van der Waals surface area contributed by atoms with Crippen molar-refractivity contribution < 1.29 is 43.5 Å². The van der Waals surface area contributed by atoms with E-state index in [1.807, 2.05) is 0 Å². The van der Waals surface area contributed by atoms with Gasteiger partial charge in [0.25, 0.3) is 0 Å². The first-order valence-corrected chi connectivity index (χ1v) is 9.40. The van der Waals surface area contributed by atoms with Gasteiger partial charge in [0.15, 0.2) is 6.17 Å². The van der Waals surface area contributed by atoms with Gasteiger partial charge in [-0.05, 0) is 12.1 Å². The average Bonchev–Trinajstić information content (AvgIpc) is 3.25. The van der Waals surface area contributed by atoms with Crippen LogP contribution in [0.1, 0.15) is 13.0 Å². The lowest BCUT2D eigenvalue weighted by Gasteiger charge is -2.46.